The first-order valence-corrected chi connectivity index (χ1v) is 7.07. The van der Waals surface area contributed by atoms with Gasteiger partial charge >= 0.3 is 5.97 Å². The second kappa shape index (κ2) is 6.07. The molecule has 0 aliphatic carbocycles. The zero-order chi connectivity index (χ0) is 14.7. The Balaban J connectivity index is 2.26. The van der Waals surface area contributed by atoms with E-state index in [0.717, 1.165) is 18.5 Å². The van der Waals surface area contributed by atoms with Crippen LogP contribution < -0.4 is 0 Å². The summed E-state index contributed by atoms with van der Waals surface area (Å²) in [5.74, 6) is -0.471. The van der Waals surface area contributed by atoms with E-state index in [9.17, 15) is 9.59 Å². The van der Waals surface area contributed by atoms with Gasteiger partial charge in [0, 0.05) is 13.1 Å². The third-order valence-electron chi connectivity index (χ3n) is 3.70. The predicted molar refractivity (Wildman–Crippen MR) is 73.4 cm³/mol. The van der Waals surface area contributed by atoms with Crippen molar-refractivity contribution in [3.05, 3.63) is 17.5 Å². The number of aryl methyl sites for hydroxylation is 2. The Morgan fingerprint density at radius 2 is 2.20 bits per heavy atom. The first-order valence-electron chi connectivity index (χ1n) is 7.07. The summed E-state index contributed by atoms with van der Waals surface area (Å²) in [6, 6.07) is 1.36. The highest BCUT2D eigenvalue weighted by molar-refractivity contribution is 5.96. The van der Waals surface area contributed by atoms with E-state index in [4.69, 9.17) is 4.74 Å². The summed E-state index contributed by atoms with van der Waals surface area (Å²) < 4.78 is 6.48. The first-order chi connectivity index (χ1) is 9.62. The SMILES string of the molecule is CCc1cc(C(=O)N2CCCC2C(=O)OC)n(CC)n1. The highest BCUT2D eigenvalue weighted by Crippen LogP contribution is 2.21. The van der Waals surface area contributed by atoms with E-state index in [1.165, 1.54) is 7.11 Å². The standard InChI is InChI=1S/C14H21N3O3/c1-4-10-9-12(17(5-2)15-10)13(18)16-8-6-7-11(16)14(19)20-3/h9,11H,4-8H2,1-3H3. The number of nitrogens with zero attached hydrogens (tertiary/aromatic N) is 3. The molecule has 20 heavy (non-hydrogen) atoms. The molecular formula is C14H21N3O3. The van der Waals surface area contributed by atoms with Gasteiger partial charge in [0.2, 0.25) is 0 Å². The number of carbonyl (C=O) groups excluding carboxylic acids is 2. The minimum absolute atomic E-state index is 0.132. The van der Waals surface area contributed by atoms with Crippen LogP contribution in [0, 0.1) is 0 Å². The highest BCUT2D eigenvalue weighted by atomic mass is 16.5. The van der Waals surface area contributed by atoms with Crippen LogP contribution in [0.4, 0.5) is 0 Å². The van der Waals surface area contributed by atoms with Gasteiger partial charge in [0.1, 0.15) is 11.7 Å². The molecule has 6 nitrogen and oxygen atoms in total. The maximum atomic E-state index is 12.6. The van der Waals surface area contributed by atoms with Crippen LogP contribution in [-0.4, -0.2) is 46.3 Å². The van der Waals surface area contributed by atoms with Crippen molar-refractivity contribution >= 4 is 11.9 Å². The highest BCUT2D eigenvalue weighted by Gasteiger charge is 2.36. The van der Waals surface area contributed by atoms with E-state index in [1.807, 2.05) is 19.9 Å². The van der Waals surface area contributed by atoms with Crippen LogP contribution in [0.1, 0.15) is 42.9 Å². The molecular weight excluding hydrogens is 258 g/mol. The minimum atomic E-state index is -0.460. The molecule has 0 aromatic carbocycles. The van der Waals surface area contributed by atoms with Crippen LogP contribution in [0.3, 0.4) is 0 Å². The van der Waals surface area contributed by atoms with Gasteiger partial charge in [-0.2, -0.15) is 5.10 Å². The topological polar surface area (TPSA) is 64.4 Å². The molecule has 6 heteroatoms. The van der Waals surface area contributed by atoms with Crippen molar-refractivity contribution in [1.29, 1.82) is 0 Å². The predicted octanol–water partition coefficient (Wildman–Crippen LogP) is 1.24. The monoisotopic (exact) mass is 279 g/mol. The lowest BCUT2D eigenvalue weighted by molar-refractivity contribution is -0.145. The zero-order valence-corrected chi connectivity index (χ0v) is 12.3. The molecule has 1 aromatic heterocycles. The quantitative estimate of drug-likeness (QED) is 0.778. The summed E-state index contributed by atoms with van der Waals surface area (Å²) in [6.07, 6.45) is 2.28. The molecule has 1 saturated heterocycles. The smallest absolute Gasteiger partial charge is 0.328 e. The van der Waals surface area contributed by atoms with Gasteiger partial charge in [0.05, 0.1) is 12.8 Å². The van der Waals surface area contributed by atoms with Crippen molar-refractivity contribution in [2.45, 2.75) is 45.7 Å². The number of aromatic nitrogens is 2. The number of hydrogen-bond acceptors (Lipinski definition) is 4. The van der Waals surface area contributed by atoms with Crippen molar-refractivity contribution in [3.63, 3.8) is 0 Å². The summed E-state index contributed by atoms with van der Waals surface area (Å²) in [7, 11) is 1.36. The largest absolute Gasteiger partial charge is 0.467 e. The number of methoxy groups -OCH3 is 1. The summed E-state index contributed by atoms with van der Waals surface area (Å²) in [6.45, 7) is 5.18. The zero-order valence-electron chi connectivity index (χ0n) is 12.3. The van der Waals surface area contributed by atoms with Crippen LogP contribution in [-0.2, 0) is 22.5 Å². The van der Waals surface area contributed by atoms with Gasteiger partial charge < -0.3 is 9.64 Å². The number of amides is 1. The Hall–Kier alpha value is -1.85. The molecule has 1 aromatic rings. The molecule has 0 radical (unpaired) electrons. The average Bonchev–Trinajstić information content (AvgIpc) is 3.11. The number of rotatable bonds is 4. The van der Waals surface area contributed by atoms with E-state index in [2.05, 4.69) is 5.10 Å². The third kappa shape index (κ3) is 2.55. The van der Waals surface area contributed by atoms with Crippen molar-refractivity contribution < 1.29 is 14.3 Å². The molecule has 1 fully saturated rings. The number of carbonyl (C=O) groups is 2. The van der Waals surface area contributed by atoms with Gasteiger partial charge in [0.15, 0.2) is 0 Å². The van der Waals surface area contributed by atoms with Crippen LogP contribution in [0.25, 0.3) is 0 Å². The van der Waals surface area contributed by atoms with Crippen LogP contribution in [0.5, 0.6) is 0 Å². The Labute approximate surface area is 118 Å². The number of hydrogen-bond donors (Lipinski definition) is 0. The Bertz CT molecular complexity index is 510. The molecule has 1 unspecified atom stereocenters. The molecule has 1 aliphatic rings. The maximum Gasteiger partial charge on any atom is 0.328 e. The Morgan fingerprint density at radius 3 is 2.80 bits per heavy atom. The van der Waals surface area contributed by atoms with Crippen LogP contribution in [0.2, 0.25) is 0 Å². The molecule has 0 spiro atoms. The number of esters is 1. The lowest BCUT2D eigenvalue weighted by atomic mass is 10.2. The Kier molecular flexibility index (Phi) is 4.42. The van der Waals surface area contributed by atoms with E-state index < -0.39 is 6.04 Å². The fourth-order valence-corrected chi connectivity index (χ4v) is 2.59. The molecule has 1 aliphatic heterocycles. The second-order valence-electron chi connectivity index (χ2n) is 4.87. The molecule has 2 rings (SSSR count). The van der Waals surface area contributed by atoms with Crippen molar-refractivity contribution in [1.82, 2.24) is 14.7 Å². The van der Waals surface area contributed by atoms with Gasteiger partial charge in [-0.05, 0) is 32.3 Å². The van der Waals surface area contributed by atoms with Crippen molar-refractivity contribution in [2.75, 3.05) is 13.7 Å². The van der Waals surface area contributed by atoms with Gasteiger partial charge in [0.25, 0.3) is 5.91 Å². The molecule has 0 saturated carbocycles. The Morgan fingerprint density at radius 1 is 1.45 bits per heavy atom. The molecule has 1 atom stereocenters. The average molecular weight is 279 g/mol. The van der Waals surface area contributed by atoms with E-state index >= 15 is 0 Å². The summed E-state index contributed by atoms with van der Waals surface area (Å²) in [5.41, 5.74) is 1.45. The fraction of sp³-hybridized carbons (Fsp3) is 0.643. The molecule has 2 heterocycles. The maximum absolute atomic E-state index is 12.6. The normalized spacial score (nSPS) is 18.4. The molecule has 110 valence electrons. The lowest BCUT2D eigenvalue weighted by Crippen LogP contribution is -2.41. The lowest BCUT2D eigenvalue weighted by Gasteiger charge is -2.22. The summed E-state index contributed by atoms with van der Waals surface area (Å²) >= 11 is 0. The number of likely N-dealkylation sites (tertiary alicyclic amines) is 1. The molecule has 0 bridgehead atoms. The van der Waals surface area contributed by atoms with Crippen LogP contribution >= 0.6 is 0 Å². The summed E-state index contributed by atoms with van der Waals surface area (Å²) in [4.78, 5) is 26.0. The van der Waals surface area contributed by atoms with Crippen LogP contribution in [0.15, 0.2) is 6.07 Å². The van der Waals surface area contributed by atoms with E-state index in [1.54, 1.807) is 9.58 Å². The third-order valence-corrected chi connectivity index (χ3v) is 3.70. The van der Waals surface area contributed by atoms with Gasteiger partial charge in [-0.3, -0.25) is 9.48 Å². The minimum Gasteiger partial charge on any atom is -0.467 e. The first kappa shape index (κ1) is 14.6. The molecule has 1 amide bonds. The fourth-order valence-electron chi connectivity index (χ4n) is 2.59. The van der Waals surface area contributed by atoms with Crippen molar-refractivity contribution in [2.24, 2.45) is 0 Å². The van der Waals surface area contributed by atoms with Crippen molar-refractivity contribution in [3.8, 4) is 0 Å². The van der Waals surface area contributed by atoms with Gasteiger partial charge in [-0.15, -0.1) is 0 Å². The summed E-state index contributed by atoms with van der Waals surface area (Å²) in [5, 5.41) is 4.38. The second-order valence-corrected chi connectivity index (χ2v) is 4.87. The van der Waals surface area contributed by atoms with E-state index in [-0.39, 0.29) is 11.9 Å². The van der Waals surface area contributed by atoms with Gasteiger partial charge in [-0.25, -0.2) is 4.79 Å². The molecule has 0 N–H and O–H groups in total. The number of ether oxygens (including phenoxy) is 1. The van der Waals surface area contributed by atoms with E-state index in [0.29, 0.717) is 25.2 Å². The van der Waals surface area contributed by atoms with Gasteiger partial charge in [-0.1, -0.05) is 6.92 Å².